The van der Waals surface area contributed by atoms with Gasteiger partial charge in [0.2, 0.25) is 0 Å². The van der Waals surface area contributed by atoms with E-state index in [0.717, 1.165) is 18.2 Å². The maximum atomic E-state index is 4.08. The molecule has 1 aromatic carbocycles. The molecule has 0 aliphatic heterocycles. The number of nitrogens with zero attached hydrogens (tertiary/aromatic N) is 2. The zero-order chi connectivity index (χ0) is 13.8. The van der Waals surface area contributed by atoms with Gasteiger partial charge in [0.05, 0.1) is 6.33 Å². The monoisotopic (exact) mass is 269 g/mol. The van der Waals surface area contributed by atoms with Crippen molar-refractivity contribution in [3.05, 3.63) is 48.5 Å². The second-order valence-corrected chi connectivity index (χ2v) is 5.85. The number of aromatic nitrogens is 2. The highest BCUT2D eigenvalue weighted by atomic mass is 15.0. The van der Waals surface area contributed by atoms with Gasteiger partial charge < -0.3 is 9.88 Å². The molecular weight excluding hydrogens is 246 g/mol. The number of rotatable bonds is 5. The molecule has 20 heavy (non-hydrogen) atoms. The van der Waals surface area contributed by atoms with Crippen molar-refractivity contribution in [2.45, 2.75) is 45.2 Å². The van der Waals surface area contributed by atoms with Gasteiger partial charge in [0, 0.05) is 30.7 Å². The minimum atomic E-state index is 0.630. The van der Waals surface area contributed by atoms with Crippen LogP contribution in [0.3, 0.4) is 0 Å². The summed E-state index contributed by atoms with van der Waals surface area (Å²) in [6.07, 6.45) is 11.2. The van der Waals surface area contributed by atoms with Gasteiger partial charge >= 0.3 is 0 Å². The van der Waals surface area contributed by atoms with Crippen LogP contribution < -0.4 is 5.32 Å². The van der Waals surface area contributed by atoms with E-state index in [1.165, 1.54) is 31.2 Å². The lowest BCUT2D eigenvalue weighted by Crippen LogP contribution is -2.31. The molecule has 3 nitrogen and oxygen atoms in total. The molecule has 2 aromatic rings. The molecule has 3 rings (SSSR count). The summed E-state index contributed by atoms with van der Waals surface area (Å²) in [5, 5.41) is 3.68. The van der Waals surface area contributed by atoms with Gasteiger partial charge in [-0.15, -0.1) is 0 Å². The van der Waals surface area contributed by atoms with Crippen molar-refractivity contribution in [2.75, 3.05) is 0 Å². The molecule has 0 amide bonds. The Bertz CT molecular complexity index is 510. The number of nitrogens with one attached hydrogen (secondary N) is 1. The SMILES string of the molecule is C[C@@H](NCc1ccc(-n2ccnc2)cc1)C1CCCC1. The summed E-state index contributed by atoms with van der Waals surface area (Å²) in [4.78, 5) is 4.08. The highest BCUT2D eigenvalue weighted by Crippen LogP contribution is 2.27. The zero-order valence-corrected chi connectivity index (χ0v) is 12.1. The summed E-state index contributed by atoms with van der Waals surface area (Å²) in [6.45, 7) is 3.29. The van der Waals surface area contributed by atoms with Gasteiger partial charge in [-0.05, 0) is 43.4 Å². The van der Waals surface area contributed by atoms with Gasteiger partial charge in [-0.2, -0.15) is 0 Å². The average molecular weight is 269 g/mol. The molecule has 1 saturated carbocycles. The first-order valence-electron chi connectivity index (χ1n) is 7.63. The quantitative estimate of drug-likeness (QED) is 0.899. The van der Waals surface area contributed by atoms with E-state index in [4.69, 9.17) is 0 Å². The van der Waals surface area contributed by atoms with Crippen molar-refractivity contribution >= 4 is 0 Å². The van der Waals surface area contributed by atoms with Crippen LogP contribution in [0.25, 0.3) is 5.69 Å². The molecule has 1 aliphatic rings. The smallest absolute Gasteiger partial charge is 0.0991 e. The van der Waals surface area contributed by atoms with Crippen LogP contribution in [-0.2, 0) is 6.54 Å². The Balaban J connectivity index is 1.55. The summed E-state index contributed by atoms with van der Waals surface area (Å²) in [7, 11) is 0. The number of hydrogen-bond acceptors (Lipinski definition) is 2. The van der Waals surface area contributed by atoms with Crippen LogP contribution >= 0.6 is 0 Å². The van der Waals surface area contributed by atoms with Crippen molar-refractivity contribution in [3.8, 4) is 5.69 Å². The standard InChI is InChI=1S/C17H23N3/c1-14(16-4-2-3-5-16)19-12-15-6-8-17(9-7-15)20-11-10-18-13-20/h6-11,13-14,16,19H,2-5,12H2,1H3/t14-/m1/s1. The first-order valence-corrected chi connectivity index (χ1v) is 7.63. The van der Waals surface area contributed by atoms with Crippen LogP contribution in [0, 0.1) is 5.92 Å². The Morgan fingerprint density at radius 1 is 1.25 bits per heavy atom. The molecule has 0 saturated heterocycles. The first kappa shape index (κ1) is 13.4. The van der Waals surface area contributed by atoms with Crippen LogP contribution in [0.2, 0.25) is 0 Å². The Hall–Kier alpha value is -1.61. The number of hydrogen-bond donors (Lipinski definition) is 1. The van der Waals surface area contributed by atoms with E-state index in [1.54, 1.807) is 6.20 Å². The summed E-state index contributed by atoms with van der Waals surface area (Å²) in [5.41, 5.74) is 2.51. The minimum absolute atomic E-state index is 0.630. The molecule has 0 spiro atoms. The topological polar surface area (TPSA) is 29.9 Å². The Kier molecular flexibility index (Phi) is 4.16. The van der Waals surface area contributed by atoms with E-state index >= 15 is 0 Å². The van der Waals surface area contributed by atoms with Crippen molar-refractivity contribution in [2.24, 2.45) is 5.92 Å². The molecule has 0 radical (unpaired) electrons. The van der Waals surface area contributed by atoms with Crippen LogP contribution in [0.4, 0.5) is 0 Å². The van der Waals surface area contributed by atoms with Crippen molar-refractivity contribution < 1.29 is 0 Å². The van der Waals surface area contributed by atoms with Crippen LogP contribution in [0.1, 0.15) is 38.2 Å². The summed E-state index contributed by atoms with van der Waals surface area (Å²) in [5.74, 6) is 0.875. The third-order valence-corrected chi connectivity index (χ3v) is 4.47. The maximum Gasteiger partial charge on any atom is 0.0991 e. The lowest BCUT2D eigenvalue weighted by Gasteiger charge is -2.20. The Labute approximate surface area is 121 Å². The van der Waals surface area contributed by atoms with Gasteiger partial charge in [-0.1, -0.05) is 25.0 Å². The molecule has 1 aliphatic carbocycles. The van der Waals surface area contributed by atoms with E-state index < -0.39 is 0 Å². The second-order valence-electron chi connectivity index (χ2n) is 5.85. The van der Waals surface area contributed by atoms with E-state index in [2.05, 4.69) is 41.5 Å². The fraction of sp³-hybridized carbons (Fsp3) is 0.471. The fourth-order valence-corrected chi connectivity index (χ4v) is 3.10. The lowest BCUT2D eigenvalue weighted by atomic mass is 9.99. The first-order chi connectivity index (χ1) is 9.83. The third-order valence-electron chi connectivity index (χ3n) is 4.47. The third kappa shape index (κ3) is 3.10. The molecule has 1 heterocycles. The summed E-state index contributed by atoms with van der Waals surface area (Å²) < 4.78 is 2.03. The molecule has 0 unspecified atom stereocenters. The van der Waals surface area contributed by atoms with Gasteiger partial charge in [0.1, 0.15) is 0 Å². The summed E-state index contributed by atoms with van der Waals surface area (Å²) in [6, 6.07) is 9.33. The van der Waals surface area contributed by atoms with Crippen LogP contribution in [0.5, 0.6) is 0 Å². The maximum absolute atomic E-state index is 4.08. The summed E-state index contributed by atoms with van der Waals surface area (Å²) >= 11 is 0. The van der Waals surface area contributed by atoms with E-state index in [9.17, 15) is 0 Å². The van der Waals surface area contributed by atoms with Crippen LogP contribution in [-0.4, -0.2) is 15.6 Å². The molecule has 3 heteroatoms. The minimum Gasteiger partial charge on any atom is -0.310 e. The van der Waals surface area contributed by atoms with Crippen molar-refractivity contribution in [1.29, 1.82) is 0 Å². The molecule has 106 valence electrons. The van der Waals surface area contributed by atoms with E-state index in [-0.39, 0.29) is 0 Å². The molecule has 1 atom stereocenters. The largest absolute Gasteiger partial charge is 0.310 e. The fourth-order valence-electron chi connectivity index (χ4n) is 3.10. The van der Waals surface area contributed by atoms with Crippen molar-refractivity contribution in [1.82, 2.24) is 14.9 Å². The van der Waals surface area contributed by atoms with E-state index in [1.807, 2.05) is 17.1 Å². The molecule has 1 aromatic heterocycles. The predicted octanol–water partition coefficient (Wildman–Crippen LogP) is 3.54. The average Bonchev–Trinajstić information content (AvgIpc) is 3.18. The van der Waals surface area contributed by atoms with E-state index in [0.29, 0.717) is 6.04 Å². The zero-order valence-electron chi connectivity index (χ0n) is 12.1. The second kappa shape index (κ2) is 6.23. The Morgan fingerprint density at radius 3 is 2.65 bits per heavy atom. The van der Waals surface area contributed by atoms with Crippen LogP contribution in [0.15, 0.2) is 43.0 Å². The predicted molar refractivity (Wildman–Crippen MR) is 81.8 cm³/mol. The van der Waals surface area contributed by atoms with Gasteiger partial charge in [-0.3, -0.25) is 0 Å². The highest BCUT2D eigenvalue weighted by Gasteiger charge is 2.20. The highest BCUT2D eigenvalue weighted by molar-refractivity contribution is 5.34. The number of imidazole rings is 1. The van der Waals surface area contributed by atoms with Gasteiger partial charge in [0.15, 0.2) is 0 Å². The van der Waals surface area contributed by atoms with Gasteiger partial charge in [-0.25, -0.2) is 4.98 Å². The van der Waals surface area contributed by atoms with Crippen molar-refractivity contribution in [3.63, 3.8) is 0 Å². The normalized spacial score (nSPS) is 17.4. The molecular formula is C17H23N3. The molecule has 1 N–H and O–H groups in total. The number of benzene rings is 1. The molecule has 1 fully saturated rings. The Morgan fingerprint density at radius 2 is 2.00 bits per heavy atom. The van der Waals surface area contributed by atoms with Gasteiger partial charge in [0.25, 0.3) is 0 Å². The lowest BCUT2D eigenvalue weighted by molar-refractivity contribution is 0.380. The molecule has 0 bridgehead atoms.